The van der Waals surface area contributed by atoms with Gasteiger partial charge >= 0.3 is 0 Å². The Morgan fingerprint density at radius 2 is 1.95 bits per heavy atom. The van der Waals surface area contributed by atoms with Crippen LogP contribution in [0.1, 0.15) is 53.4 Å². The SMILES string of the molecule is C[C@H](CCO[Si](C)(C)C(C)(C)C)[C@@H](CO)OC1CCCCO1. The molecule has 0 bridgehead atoms. The van der Waals surface area contributed by atoms with Gasteiger partial charge in [0.2, 0.25) is 0 Å². The Labute approximate surface area is 137 Å². The Morgan fingerprint density at radius 1 is 1.27 bits per heavy atom. The maximum absolute atomic E-state index is 9.60. The summed E-state index contributed by atoms with van der Waals surface area (Å²) in [5.41, 5.74) is 0. The van der Waals surface area contributed by atoms with Crippen LogP contribution >= 0.6 is 0 Å². The van der Waals surface area contributed by atoms with E-state index in [1.807, 2.05) is 0 Å². The standard InChI is InChI=1S/C17H36O4Si/c1-14(10-12-20-22(5,6)17(2,3)4)15(13-18)21-16-9-7-8-11-19-16/h14-16,18H,7-13H2,1-6H3/t14-,15-,16?/m1/s1. The van der Waals surface area contributed by atoms with E-state index >= 15 is 0 Å². The quantitative estimate of drug-likeness (QED) is 0.684. The first-order valence-corrected chi connectivity index (χ1v) is 11.6. The summed E-state index contributed by atoms with van der Waals surface area (Å²) in [6.45, 7) is 15.0. The highest BCUT2D eigenvalue weighted by molar-refractivity contribution is 6.74. The molecule has 1 heterocycles. The van der Waals surface area contributed by atoms with Gasteiger partial charge in [-0.25, -0.2) is 0 Å². The molecular weight excluding hydrogens is 296 g/mol. The fourth-order valence-electron chi connectivity index (χ4n) is 2.27. The lowest BCUT2D eigenvalue weighted by Gasteiger charge is -2.37. The first-order valence-electron chi connectivity index (χ1n) is 8.69. The van der Waals surface area contributed by atoms with Crippen molar-refractivity contribution < 1.29 is 19.0 Å². The molecule has 0 saturated carbocycles. The van der Waals surface area contributed by atoms with Gasteiger partial charge in [-0.2, -0.15) is 0 Å². The van der Waals surface area contributed by atoms with Crippen molar-refractivity contribution in [3.8, 4) is 0 Å². The average molecular weight is 333 g/mol. The van der Waals surface area contributed by atoms with E-state index in [1.165, 1.54) is 0 Å². The highest BCUT2D eigenvalue weighted by atomic mass is 28.4. The van der Waals surface area contributed by atoms with Crippen LogP contribution in [-0.2, 0) is 13.9 Å². The average Bonchev–Trinajstić information content (AvgIpc) is 2.44. The van der Waals surface area contributed by atoms with Gasteiger partial charge in [-0.3, -0.25) is 0 Å². The highest BCUT2D eigenvalue weighted by Gasteiger charge is 2.37. The Hall–Kier alpha value is 0.0569. The minimum Gasteiger partial charge on any atom is -0.417 e. The summed E-state index contributed by atoms with van der Waals surface area (Å²) in [6, 6.07) is 0. The van der Waals surface area contributed by atoms with Crippen molar-refractivity contribution in [2.45, 2.75) is 83.9 Å². The lowest BCUT2D eigenvalue weighted by molar-refractivity contribution is -0.205. The van der Waals surface area contributed by atoms with Crippen LogP contribution in [0.4, 0.5) is 0 Å². The fourth-order valence-corrected chi connectivity index (χ4v) is 3.33. The van der Waals surface area contributed by atoms with Crippen molar-refractivity contribution in [2.24, 2.45) is 5.92 Å². The summed E-state index contributed by atoms with van der Waals surface area (Å²) in [5, 5.41) is 9.84. The van der Waals surface area contributed by atoms with Gasteiger partial charge in [0.15, 0.2) is 14.6 Å². The second-order valence-electron chi connectivity index (χ2n) is 8.03. The second kappa shape index (κ2) is 8.78. The lowest BCUT2D eigenvalue weighted by atomic mass is 10.0. The molecule has 1 aliphatic heterocycles. The molecule has 1 saturated heterocycles. The molecule has 0 amide bonds. The molecule has 0 aromatic rings. The zero-order valence-electron chi connectivity index (χ0n) is 15.4. The van der Waals surface area contributed by atoms with E-state index in [0.29, 0.717) is 0 Å². The Balaban J connectivity index is 2.36. The molecule has 1 fully saturated rings. The van der Waals surface area contributed by atoms with Gasteiger partial charge < -0.3 is 19.0 Å². The highest BCUT2D eigenvalue weighted by Crippen LogP contribution is 2.36. The van der Waals surface area contributed by atoms with E-state index in [4.69, 9.17) is 13.9 Å². The lowest BCUT2D eigenvalue weighted by Crippen LogP contribution is -2.41. The predicted octanol–water partition coefficient (Wildman–Crippen LogP) is 3.94. The largest absolute Gasteiger partial charge is 0.417 e. The van der Waals surface area contributed by atoms with E-state index in [9.17, 15) is 5.11 Å². The van der Waals surface area contributed by atoms with E-state index in [2.05, 4.69) is 40.8 Å². The molecule has 1 N–H and O–H groups in total. The first kappa shape index (κ1) is 20.1. The normalized spacial score (nSPS) is 23.3. The smallest absolute Gasteiger partial charge is 0.191 e. The molecule has 5 heteroatoms. The number of hydrogen-bond donors (Lipinski definition) is 1. The first-order chi connectivity index (χ1) is 10.2. The van der Waals surface area contributed by atoms with Crippen LogP contribution in [0.5, 0.6) is 0 Å². The summed E-state index contributed by atoms with van der Waals surface area (Å²) in [5.74, 6) is 0.264. The number of aliphatic hydroxyl groups is 1. The zero-order chi connectivity index (χ0) is 16.8. The molecule has 0 radical (unpaired) electrons. The molecule has 132 valence electrons. The molecule has 4 nitrogen and oxygen atoms in total. The van der Waals surface area contributed by atoms with Crippen LogP contribution in [0.2, 0.25) is 18.1 Å². The zero-order valence-corrected chi connectivity index (χ0v) is 16.4. The molecule has 3 atom stereocenters. The van der Waals surface area contributed by atoms with Gasteiger partial charge in [-0.15, -0.1) is 0 Å². The molecule has 0 spiro atoms. The molecular formula is C17H36O4Si. The summed E-state index contributed by atoms with van der Waals surface area (Å²) < 4.78 is 17.8. The number of ether oxygens (including phenoxy) is 2. The Kier molecular flexibility index (Phi) is 8.02. The molecule has 1 unspecified atom stereocenters. The summed E-state index contributed by atoms with van der Waals surface area (Å²) in [7, 11) is -1.69. The maximum Gasteiger partial charge on any atom is 0.191 e. The van der Waals surface area contributed by atoms with Gasteiger partial charge in [-0.05, 0) is 49.7 Å². The summed E-state index contributed by atoms with van der Waals surface area (Å²) >= 11 is 0. The van der Waals surface area contributed by atoms with E-state index in [1.54, 1.807) is 0 Å². The predicted molar refractivity (Wildman–Crippen MR) is 92.5 cm³/mol. The number of hydrogen-bond acceptors (Lipinski definition) is 4. The third kappa shape index (κ3) is 6.28. The monoisotopic (exact) mass is 332 g/mol. The van der Waals surface area contributed by atoms with Gasteiger partial charge in [0, 0.05) is 13.2 Å². The maximum atomic E-state index is 9.60. The summed E-state index contributed by atoms with van der Waals surface area (Å²) in [6.07, 6.45) is 3.79. The minimum absolute atomic E-state index is 0.0428. The minimum atomic E-state index is -1.69. The van der Waals surface area contributed by atoms with E-state index in [0.717, 1.165) is 38.9 Å². The molecule has 1 aliphatic rings. The van der Waals surface area contributed by atoms with Crippen molar-refractivity contribution in [1.29, 1.82) is 0 Å². The van der Waals surface area contributed by atoms with Gasteiger partial charge in [0.25, 0.3) is 0 Å². The third-order valence-corrected chi connectivity index (χ3v) is 9.66. The van der Waals surface area contributed by atoms with Gasteiger partial charge in [-0.1, -0.05) is 27.7 Å². The van der Waals surface area contributed by atoms with Crippen LogP contribution in [0.15, 0.2) is 0 Å². The van der Waals surface area contributed by atoms with Crippen molar-refractivity contribution in [1.82, 2.24) is 0 Å². The molecule has 0 aromatic carbocycles. The van der Waals surface area contributed by atoms with E-state index < -0.39 is 8.32 Å². The molecule has 0 aromatic heterocycles. The van der Waals surface area contributed by atoms with Gasteiger partial charge in [0.05, 0.1) is 12.7 Å². The third-order valence-electron chi connectivity index (χ3n) is 5.12. The van der Waals surface area contributed by atoms with Crippen LogP contribution < -0.4 is 0 Å². The fraction of sp³-hybridized carbons (Fsp3) is 1.00. The molecule has 22 heavy (non-hydrogen) atoms. The molecule has 0 aliphatic carbocycles. The topological polar surface area (TPSA) is 47.9 Å². The van der Waals surface area contributed by atoms with Crippen molar-refractivity contribution >= 4 is 8.32 Å². The molecule has 1 rings (SSSR count). The van der Waals surface area contributed by atoms with Crippen molar-refractivity contribution in [3.63, 3.8) is 0 Å². The Morgan fingerprint density at radius 3 is 2.45 bits per heavy atom. The second-order valence-corrected chi connectivity index (χ2v) is 12.8. The summed E-state index contributed by atoms with van der Waals surface area (Å²) in [4.78, 5) is 0. The number of rotatable bonds is 8. The van der Waals surface area contributed by atoms with Crippen LogP contribution in [0.25, 0.3) is 0 Å². The van der Waals surface area contributed by atoms with Crippen LogP contribution in [0, 0.1) is 5.92 Å². The van der Waals surface area contributed by atoms with Crippen LogP contribution in [-0.4, -0.2) is 45.6 Å². The number of aliphatic hydroxyl groups excluding tert-OH is 1. The van der Waals surface area contributed by atoms with Gasteiger partial charge in [0.1, 0.15) is 0 Å². The van der Waals surface area contributed by atoms with E-state index in [-0.39, 0.29) is 30.0 Å². The van der Waals surface area contributed by atoms with Crippen molar-refractivity contribution in [3.05, 3.63) is 0 Å². The van der Waals surface area contributed by atoms with Crippen molar-refractivity contribution in [2.75, 3.05) is 19.8 Å². The Bertz CT molecular complexity index is 308. The van der Waals surface area contributed by atoms with Crippen LogP contribution in [0.3, 0.4) is 0 Å².